The van der Waals surface area contributed by atoms with Crippen molar-refractivity contribution in [3.05, 3.63) is 0 Å². The van der Waals surface area contributed by atoms with Crippen molar-refractivity contribution in [1.82, 2.24) is 0 Å². The minimum atomic E-state index is -1.82. The van der Waals surface area contributed by atoms with Gasteiger partial charge in [-0.1, -0.05) is 0 Å². The van der Waals surface area contributed by atoms with E-state index in [4.69, 9.17) is 19.8 Å². The highest BCUT2D eigenvalue weighted by Gasteiger charge is 2.04. The molecule has 0 aromatic rings. The lowest BCUT2D eigenvalue weighted by atomic mass is 10.7. The molecular weight excluding hydrogens is 115 g/mol. The Morgan fingerprint density at radius 3 is 1.14 bits per heavy atom. The third kappa shape index (κ3) is 5.47. The number of carbonyl (C=O) groups is 2. The lowest BCUT2D eigenvalue weighted by Gasteiger charge is -1.72. The maximum absolute atomic E-state index is 9.10. The predicted molar refractivity (Wildman–Crippen MR) is 25.2 cm³/mol. The molecule has 40 valence electrons. The predicted octanol–water partition coefficient (Wildman–Crippen LogP) is -2.03. The van der Waals surface area contributed by atoms with Crippen molar-refractivity contribution in [2.75, 3.05) is 0 Å². The molecule has 0 unspecified atom stereocenters. The average molecular weight is 120 g/mol. The summed E-state index contributed by atoms with van der Waals surface area (Å²) in [5.41, 5.74) is 0. The van der Waals surface area contributed by atoms with Crippen LogP contribution in [0.5, 0.6) is 0 Å². The van der Waals surface area contributed by atoms with E-state index in [1.807, 2.05) is 0 Å². The molecule has 4 nitrogen and oxygen atoms in total. The molecule has 0 aliphatic carbocycles. The zero-order valence-electron chi connectivity index (χ0n) is 2.71. The number of hydrogen-bond donors (Lipinski definition) is 2. The van der Waals surface area contributed by atoms with Gasteiger partial charge in [-0.3, -0.25) is 0 Å². The Bertz CT molecular complexity index is 75.7. The van der Waals surface area contributed by atoms with Gasteiger partial charge in [-0.15, -0.1) is 0 Å². The van der Waals surface area contributed by atoms with Gasteiger partial charge in [-0.25, -0.2) is 9.59 Å². The topological polar surface area (TPSA) is 74.6 Å². The van der Waals surface area contributed by atoms with Gasteiger partial charge in [0.05, 0.1) is 0 Å². The van der Waals surface area contributed by atoms with Gasteiger partial charge in [0, 0.05) is 0 Å². The van der Waals surface area contributed by atoms with E-state index in [0.29, 0.717) is 0 Å². The average Bonchev–Trinajstić information content (AvgIpc) is 1.36. The second-order valence-corrected chi connectivity index (χ2v) is 0.610. The Morgan fingerprint density at radius 1 is 1.00 bits per heavy atom. The summed E-state index contributed by atoms with van der Waals surface area (Å²) in [6.07, 6.45) is 0. The van der Waals surface area contributed by atoms with Crippen LogP contribution in [0.4, 0.5) is 0 Å². The maximum atomic E-state index is 9.10. The fourth-order valence-electron chi connectivity index (χ4n) is 0. The first-order chi connectivity index (χ1) is 2.64. The van der Waals surface area contributed by atoms with Crippen LogP contribution in [0.3, 0.4) is 0 Å². The first-order valence-corrected chi connectivity index (χ1v) is 1.11. The summed E-state index contributed by atoms with van der Waals surface area (Å²) in [6.45, 7) is 0. The summed E-state index contributed by atoms with van der Waals surface area (Å²) >= 11 is 0. The zero-order chi connectivity index (χ0) is 5.15. The van der Waals surface area contributed by atoms with Crippen molar-refractivity contribution >= 4 is 29.3 Å². The van der Waals surface area contributed by atoms with Crippen LogP contribution >= 0.6 is 0 Å². The SMILES string of the molecule is O=C(O)C(=O)O.[AlH3]. The lowest BCUT2D eigenvalue weighted by Crippen LogP contribution is -2.09. The van der Waals surface area contributed by atoms with Gasteiger partial charge in [0.2, 0.25) is 0 Å². The standard InChI is InChI=1S/C2H2O4.Al.3H/c3-1(4)2(5)6;;;;/h(H,3,4)(H,5,6);;;;. The van der Waals surface area contributed by atoms with Crippen molar-refractivity contribution in [2.45, 2.75) is 0 Å². The van der Waals surface area contributed by atoms with E-state index in [1.165, 1.54) is 0 Å². The molecule has 0 atom stereocenters. The van der Waals surface area contributed by atoms with Crippen LogP contribution in [0.2, 0.25) is 0 Å². The Morgan fingerprint density at radius 2 is 1.14 bits per heavy atom. The minimum Gasteiger partial charge on any atom is -0.473 e. The first-order valence-electron chi connectivity index (χ1n) is 1.11. The molecule has 0 heterocycles. The molecule has 0 aromatic carbocycles. The maximum Gasteiger partial charge on any atom is 0.414 e. The van der Waals surface area contributed by atoms with E-state index in [1.54, 1.807) is 0 Å². The molecule has 0 amide bonds. The van der Waals surface area contributed by atoms with E-state index in [2.05, 4.69) is 0 Å². The summed E-state index contributed by atoms with van der Waals surface area (Å²) in [6, 6.07) is 0. The van der Waals surface area contributed by atoms with Gasteiger partial charge in [0.1, 0.15) is 0 Å². The van der Waals surface area contributed by atoms with Crippen LogP contribution in [0.25, 0.3) is 0 Å². The third-order valence-corrected chi connectivity index (χ3v) is 0.183. The van der Waals surface area contributed by atoms with Crippen LogP contribution in [0.1, 0.15) is 0 Å². The molecule has 0 radical (unpaired) electrons. The molecule has 5 heteroatoms. The van der Waals surface area contributed by atoms with Gasteiger partial charge in [-0.05, 0) is 0 Å². The number of carboxylic acids is 2. The summed E-state index contributed by atoms with van der Waals surface area (Å²) < 4.78 is 0. The first kappa shape index (κ1) is 9.69. The van der Waals surface area contributed by atoms with E-state index in [-0.39, 0.29) is 17.4 Å². The highest BCUT2D eigenvalue weighted by atomic mass is 27.0. The zero-order valence-corrected chi connectivity index (χ0v) is 2.71. The van der Waals surface area contributed by atoms with Crippen molar-refractivity contribution in [1.29, 1.82) is 0 Å². The monoisotopic (exact) mass is 120 g/mol. The fourth-order valence-corrected chi connectivity index (χ4v) is 0. The molecule has 0 bridgehead atoms. The van der Waals surface area contributed by atoms with E-state index in [9.17, 15) is 0 Å². The Kier molecular flexibility index (Phi) is 5.06. The molecule has 0 aromatic heterocycles. The largest absolute Gasteiger partial charge is 0.473 e. The van der Waals surface area contributed by atoms with Crippen molar-refractivity contribution in [3.8, 4) is 0 Å². The van der Waals surface area contributed by atoms with Crippen LogP contribution in [0, 0.1) is 0 Å². The Labute approximate surface area is 49.9 Å². The normalized spacial score (nSPS) is 6.29. The molecule has 0 aliphatic rings. The minimum absolute atomic E-state index is 0. The molecule has 7 heavy (non-hydrogen) atoms. The quantitative estimate of drug-likeness (QED) is 0.285. The molecule has 0 rings (SSSR count). The molecule has 2 N–H and O–H groups in total. The summed E-state index contributed by atoms with van der Waals surface area (Å²) in [5.74, 6) is -3.65. The van der Waals surface area contributed by atoms with Crippen LogP contribution in [0.15, 0.2) is 0 Å². The van der Waals surface area contributed by atoms with Crippen LogP contribution in [-0.2, 0) is 9.59 Å². The number of hydrogen-bond acceptors (Lipinski definition) is 2. The molecule has 0 spiro atoms. The van der Waals surface area contributed by atoms with Gasteiger partial charge in [0.25, 0.3) is 0 Å². The van der Waals surface area contributed by atoms with Gasteiger partial charge in [-0.2, -0.15) is 0 Å². The molecule has 0 fully saturated rings. The molecular formula is C2H5AlO4. The second-order valence-electron chi connectivity index (χ2n) is 0.610. The molecule has 0 aliphatic heterocycles. The van der Waals surface area contributed by atoms with Crippen molar-refractivity contribution in [3.63, 3.8) is 0 Å². The summed E-state index contributed by atoms with van der Waals surface area (Å²) in [7, 11) is 0. The van der Waals surface area contributed by atoms with Gasteiger partial charge in [0.15, 0.2) is 17.4 Å². The Balaban J connectivity index is 0. The van der Waals surface area contributed by atoms with E-state index >= 15 is 0 Å². The lowest BCUT2D eigenvalue weighted by molar-refractivity contribution is -0.159. The van der Waals surface area contributed by atoms with Gasteiger partial charge < -0.3 is 10.2 Å². The third-order valence-electron chi connectivity index (χ3n) is 0.183. The van der Waals surface area contributed by atoms with Crippen molar-refractivity contribution in [2.24, 2.45) is 0 Å². The van der Waals surface area contributed by atoms with Crippen LogP contribution in [-0.4, -0.2) is 39.5 Å². The molecule has 0 saturated carbocycles. The Hall–Kier alpha value is -0.528. The van der Waals surface area contributed by atoms with E-state index in [0.717, 1.165) is 0 Å². The van der Waals surface area contributed by atoms with Crippen LogP contribution < -0.4 is 0 Å². The smallest absolute Gasteiger partial charge is 0.414 e. The summed E-state index contributed by atoms with van der Waals surface area (Å²) in [4.78, 5) is 18.2. The highest BCUT2D eigenvalue weighted by molar-refractivity contribution is 6.27. The molecule has 0 saturated heterocycles. The van der Waals surface area contributed by atoms with E-state index < -0.39 is 11.9 Å². The second kappa shape index (κ2) is 3.66. The number of carboxylic acid groups (broad SMARTS) is 2. The van der Waals surface area contributed by atoms with Crippen molar-refractivity contribution < 1.29 is 19.8 Å². The highest BCUT2D eigenvalue weighted by Crippen LogP contribution is 1.56. The summed E-state index contributed by atoms with van der Waals surface area (Å²) in [5, 5.41) is 14.8. The van der Waals surface area contributed by atoms with Gasteiger partial charge >= 0.3 is 11.9 Å². The number of rotatable bonds is 0. The number of aliphatic carboxylic acids is 2. The fraction of sp³-hybridized carbons (Fsp3) is 0.